The summed E-state index contributed by atoms with van der Waals surface area (Å²) < 4.78 is 10.5. The summed E-state index contributed by atoms with van der Waals surface area (Å²) in [7, 11) is 0. The molecule has 0 aliphatic rings. The van der Waals surface area contributed by atoms with Crippen molar-refractivity contribution in [1.29, 1.82) is 0 Å². The van der Waals surface area contributed by atoms with Gasteiger partial charge in [-0.25, -0.2) is 0 Å². The molecule has 0 aliphatic carbocycles. The van der Waals surface area contributed by atoms with E-state index in [1.807, 2.05) is 30.3 Å². The number of hydrogen-bond acceptors (Lipinski definition) is 4. The van der Waals surface area contributed by atoms with Crippen molar-refractivity contribution in [3.05, 3.63) is 60.4 Å². The minimum Gasteiger partial charge on any atom is -0.471 e. The van der Waals surface area contributed by atoms with Gasteiger partial charge in [-0.05, 0) is 10.7 Å². The van der Waals surface area contributed by atoms with E-state index in [-0.39, 0.29) is 6.04 Å². The molecule has 0 radical (unpaired) electrons. The maximum absolute atomic E-state index is 5.71. The molecule has 0 saturated carbocycles. The third-order valence-corrected chi connectivity index (χ3v) is 2.32. The SMILES string of the molecule is C=C[C@H](N)c1cc(OCc2ccccc2)no1. The highest BCUT2D eigenvalue weighted by Gasteiger charge is 2.10. The summed E-state index contributed by atoms with van der Waals surface area (Å²) in [6.45, 7) is 4.04. The third-order valence-electron chi connectivity index (χ3n) is 2.32. The van der Waals surface area contributed by atoms with Crippen LogP contribution in [0, 0.1) is 0 Å². The first-order chi connectivity index (χ1) is 8.29. The summed E-state index contributed by atoms with van der Waals surface area (Å²) >= 11 is 0. The second-order valence-electron chi connectivity index (χ2n) is 3.60. The smallest absolute Gasteiger partial charge is 0.254 e. The maximum atomic E-state index is 5.71. The molecular weight excluding hydrogens is 216 g/mol. The monoisotopic (exact) mass is 230 g/mol. The van der Waals surface area contributed by atoms with Gasteiger partial charge in [0.2, 0.25) is 0 Å². The molecule has 17 heavy (non-hydrogen) atoms. The zero-order chi connectivity index (χ0) is 12.1. The largest absolute Gasteiger partial charge is 0.471 e. The summed E-state index contributed by atoms with van der Waals surface area (Å²) in [5.41, 5.74) is 6.78. The first-order valence-electron chi connectivity index (χ1n) is 5.31. The highest BCUT2D eigenvalue weighted by Crippen LogP contribution is 2.18. The first-order valence-corrected chi connectivity index (χ1v) is 5.31. The van der Waals surface area contributed by atoms with Crippen molar-refractivity contribution in [2.45, 2.75) is 12.6 Å². The Morgan fingerprint density at radius 2 is 2.18 bits per heavy atom. The summed E-state index contributed by atoms with van der Waals surface area (Å²) in [6, 6.07) is 11.2. The molecule has 4 nitrogen and oxygen atoms in total. The molecule has 0 amide bonds. The molecule has 0 fully saturated rings. The average Bonchev–Trinajstić information content (AvgIpc) is 2.85. The highest BCUT2D eigenvalue weighted by molar-refractivity contribution is 5.18. The Labute approximate surface area is 99.7 Å². The van der Waals surface area contributed by atoms with Gasteiger partial charge in [0.1, 0.15) is 6.61 Å². The van der Waals surface area contributed by atoms with Gasteiger partial charge in [-0.1, -0.05) is 36.4 Å². The van der Waals surface area contributed by atoms with E-state index in [4.69, 9.17) is 15.0 Å². The van der Waals surface area contributed by atoms with E-state index < -0.39 is 0 Å². The van der Waals surface area contributed by atoms with Crippen LogP contribution < -0.4 is 10.5 Å². The molecule has 0 aliphatic heterocycles. The zero-order valence-electron chi connectivity index (χ0n) is 9.37. The number of rotatable bonds is 5. The summed E-state index contributed by atoms with van der Waals surface area (Å²) in [6.07, 6.45) is 1.58. The molecule has 1 atom stereocenters. The molecule has 0 spiro atoms. The quantitative estimate of drug-likeness (QED) is 0.801. The minimum atomic E-state index is -0.350. The van der Waals surface area contributed by atoms with E-state index in [1.165, 1.54) is 0 Å². The Kier molecular flexibility index (Phi) is 3.57. The Morgan fingerprint density at radius 3 is 2.88 bits per heavy atom. The van der Waals surface area contributed by atoms with Crippen molar-refractivity contribution in [2.24, 2.45) is 5.73 Å². The van der Waals surface area contributed by atoms with Crippen molar-refractivity contribution >= 4 is 0 Å². The lowest BCUT2D eigenvalue weighted by molar-refractivity contribution is 0.265. The van der Waals surface area contributed by atoms with E-state index in [9.17, 15) is 0 Å². The van der Waals surface area contributed by atoms with E-state index in [0.29, 0.717) is 18.2 Å². The molecule has 4 heteroatoms. The Morgan fingerprint density at radius 1 is 1.41 bits per heavy atom. The Balaban J connectivity index is 1.96. The van der Waals surface area contributed by atoms with Crippen molar-refractivity contribution in [3.8, 4) is 5.88 Å². The van der Waals surface area contributed by atoms with Crippen LogP contribution in [0.15, 0.2) is 53.6 Å². The lowest BCUT2D eigenvalue weighted by Crippen LogP contribution is -2.04. The van der Waals surface area contributed by atoms with Gasteiger partial charge in [0.05, 0.1) is 6.04 Å². The van der Waals surface area contributed by atoms with Gasteiger partial charge < -0.3 is 15.0 Å². The van der Waals surface area contributed by atoms with Crippen LogP contribution in [0.3, 0.4) is 0 Å². The normalized spacial score (nSPS) is 12.1. The van der Waals surface area contributed by atoms with Crippen molar-refractivity contribution < 1.29 is 9.26 Å². The molecule has 1 heterocycles. The molecule has 88 valence electrons. The molecule has 0 bridgehead atoms. The number of nitrogens with two attached hydrogens (primary N) is 1. The maximum Gasteiger partial charge on any atom is 0.254 e. The van der Waals surface area contributed by atoms with Crippen LogP contribution in [0.25, 0.3) is 0 Å². The summed E-state index contributed by atoms with van der Waals surface area (Å²) in [5, 5.41) is 3.78. The van der Waals surface area contributed by atoms with Crippen LogP contribution in [-0.2, 0) is 6.61 Å². The van der Waals surface area contributed by atoms with Gasteiger partial charge in [0.25, 0.3) is 5.88 Å². The lowest BCUT2D eigenvalue weighted by atomic mass is 10.2. The fourth-order valence-electron chi connectivity index (χ4n) is 1.34. The molecular formula is C13H14N2O2. The molecule has 2 N–H and O–H groups in total. The van der Waals surface area contributed by atoms with Crippen molar-refractivity contribution in [1.82, 2.24) is 5.16 Å². The predicted molar refractivity (Wildman–Crippen MR) is 64.4 cm³/mol. The topological polar surface area (TPSA) is 61.3 Å². The van der Waals surface area contributed by atoms with Crippen LogP contribution >= 0.6 is 0 Å². The van der Waals surface area contributed by atoms with Crippen molar-refractivity contribution in [2.75, 3.05) is 0 Å². The average molecular weight is 230 g/mol. The summed E-state index contributed by atoms with van der Waals surface area (Å²) in [5.74, 6) is 0.976. The number of hydrogen-bond donors (Lipinski definition) is 1. The van der Waals surface area contributed by atoms with Gasteiger partial charge in [-0.3, -0.25) is 0 Å². The molecule has 0 unspecified atom stereocenters. The second kappa shape index (κ2) is 5.32. The number of ether oxygens (including phenoxy) is 1. The fraction of sp³-hybridized carbons (Fsp3) is 0.154. The fourth-order valence-corrected chi connectivity index (χ4v) is 1.34. The van der Waals surface area contributed by atoms with E-state index >= 15 is 0 Å². The minimum absolute atomic E-state index is 0.350. The van der Waals surface area contributed by atoms with E-state index in [0.717, 1.165) is 5.56 Å². The molecule has 1 aromatic carbocycles. The van der Waals surface area contributed by atoms with E-state index in [2.05, 4.69) is 11.7 Å². The molecule has 0 saturated heterocycles. The van der Waals surface area contributed by atoms with Gasteiger partial charge in [-0.2, -0.15) is 0 Å². The molecule has 1 aromatic heterocycles. The Hall–Kier alpha value is -2.07. The first kappa shape index (κ1) is 11.4. The van der Waals surface area contributed by atoms with Crippen LogP contribution in [0.2, 0.25) is 0 Å². The lowest BCUT2D eigenvalue weighted by Gasteiger charge is -2.01. The number of nitrogens with zero attached hydrogens (tertiary/aromatic N) is 1. The van der Waals surface area contributed by atoms with Crippen LogP contribution in [0.5, 0.6) is 5.88 Å². The van der Waals surface area contributed by atoms with Crippen LogP contribution in [-0.4, -0.2) is 5.16 Å². The highest BCUT2D eigenvalue weighted by atomic mass is 16.5. The standard InChI is InChI=1S/C13H14N2O2/c1-2-11(14)12-8-13(15-17-12)16-9-10-6-4-3-5-7-10/h2-8,11H,1,9,14H2/t11-/m0/s1. The number of aromatic nitrogens is 1. The van der Waals surface area contributed by atoms with Gasteiger partial charge in [0, 0.05) is 6.07 Å². The van der Waals surface area contributed by atoms with Gasteiger partial charge in [0.15, 0.2) is 5.76 Å². The van der Waals surface area contributed by atoms with Crippen molar-refractivity contribution in [3.63, 3.8) is 0 Å². The summed E-state index contributed by atoms with van der Waals surface area (Å²) in [4.78, 5) is 0. The van der Waals surface area contributed by atoms with E-state index in [1.54, 1.807) is 12.1 Å². The van der Waals surface area contributed by atoms with Gasteiger partial charge >= 0.3 is 0 Å². The van der Waals surface area contributed by atoms with Gasteiger partial charge in [-0.15, -0.1) is 6.58 Å². The zero-order valence-corrected chi connectivity index (χ0v) is 9.37. The van der Waals surface area contributed by atoms with Crippen LogP contribution in [0.4, 0.5) is 0 Å². The van der Waals surface area contributed by atoms with Crippen LogP contribution in [0.1, 0.15) is 17.4 Å². The third kappa shape index (κ3) is 2.95. The predicted octanol–water partition coefficient (Wildman–Crippen LogP) is 2.44. The number of benzene rings is 1. The molecule has 2 rings (SSSR count). The second-order valence-corrected chi connectivity index (χ2v) is 3.60. The molecule has 2 aromatic rings. The Bertz CT molecular complexity index is 479.